The largest absolute Gasteiger partial charge is 0.339 e. The van der Waals surface area contributed by atoms with Crippen molar-refractivity contribution in [3.63, 3.8) is 0 Å². The van der Waals surface area contributed by atoms with Gasteiger partial charge in [0.2, 0.25) is 17.6 Å². The monoisotopic (exact) mass is 375 g/mol. The second-order valence-electron chi connectivity index (χ2n) is 6.36. The van der Waals surface area contributed by atoms with Crippen LogP contribution in [0.4, 0.5) is 0 Å². The molecule has 0 saturated carbocycles. The van der Waals surface area contributed by atoms with Gasteiger partial charge in [-0.25, -0.2) is 4.98 Å². The van der Waals surface area contributed by atoms with Crippen LogP contribution in [0.1, 0.15) is 25.7 Å². The van der Waals surface area contributed by atoms with Gasteiger partial charge in [-0.15, -0.1) is 0 Å². The van der Waals surface area contributed by atoms with Crippen LogP contribution in [-0.4, -0.2) is 69.3 Å². The van der Waals surface area contributed by atoms with Gasteiger partial charge in [-0.1, -0.05) is 30.3 Å². The van der Waals surface area contributed by atoms with Gasteiger partial charge in [0.1, 0.15) is 5.03 Å². The van der Waals surface area contributed by atoms with E-state index >= 15 is 0 Å². The van der Waals surface area contributed by atoms with Crippen LogP contribution in [0.25, 0.3) is 11.4 Å². The molecule has 26 heavy (non-hydrogen) atoms. The van der Waals surface area contributed by atoms with Crippen molar-refractivity contribution in [2.24, 2.45) is 0 Å². The van der Waals surface area contributed by atoms with E-state index < -0.39 is 0 Å². The van der Waals surface area contributed by atoms with Gasteiger partial charge in [-0.3, -0.25) is 9.69 Å². The second-order valence-corrected chi connectivity index (χ2v) is 7.32. The quantitative estimate of drug-likeness (QED) is 0.688. The number of piperazine rings is 1. The fourth-order valence-electron chi connectivity index (χ4n) is 2.91. The summed E-state index contributed by atoms with van der Waals surface area (Å²) in [6.07, 6.45) is 4.15. The third kappa shape index (κ3) is 4.82. The molecule has 0 bridgehead atoms. The van der Waals surface area contributed by atoms with E-state index in [4.69, 9.17) is 4.52 Å². The van der Waals surface area contributed by atoms with Crippen LogP contribution in [-0.2, 0) is 4.79 Å². The van der Waals surface area contributed by atoms with E-state index in [1.807, 2.05) is 17.0 Å². The average molecular weight is 375 g/mol. The van der Waals surface area contributed by atoms with Crippen molar-refractivity contribution < 1.29 is 9.32 Å². The molecule has 0 N–H and O–H groups in total. The normalized spacial score (nSPS) is 15.4. The molecule has 1 aliphatic rings. The van der Waals surface area contributed by atoms with Crippen LogP contribution in [0.3, 0.4) is 0 Å². The Hall–Kier alpha value is -1.93. The van der Waals surface area contributed by atoms with E-state index in [2.05, 4.69) is 26.9 Å². The molecule has 0 aromatic carbocycles. The van der Waals surface area contributed by atoms with Crippen molar-refractivity contribution in [3.8, 4) is 11.4 Å². The molecule has 0 unspecified atom stereocenters. The lowest BCUT2D eigenvalue weighted by Crippen LogP contribution is -2.49. The van der Waals surface area contributed by atoms with Gasteiger partial charge >= 0.3 is 0 Å². The smallest absolute Gasteiger partial charge is 0.233 e. The van der Waals surface area contributed by atoms with Crippen molar-refractivity contribution in [1.29, 1.82) is 0 Å². The topological polar surface area (TPSA) is 75.4 Å². The molecule has 1 amide bonds. The third-order valence-corrected chi connectivity index (χ3v) is 5.41. The zero-order chi connectivity index (χ0) is 18.4. The van der Waals surface area contributed by atoms with Crippen molar-refractivity contribution >= 4 is 17.7 Å². The minimum atomic E-state index is 0.158. The van der Waals surface area contributed by atoms with Crippen molar-refractivity contribution in [2.45, 2.75) is 31.7 Å². The molecule has 1 fully saturated rings. The Balaban J connectivity index is 1.54. The highest BCUT2D eigenvalue weighted by atomic mass is 32.2. The van der Waals surface area contributed by atoms with Gasteiger partial charge in [-0.05, 0) is 25.1 Å². The lowest BCUT2D eigenvalue weighted by atomic mass is 10.2. The molecule has 1 saturated heterocycles. The van der Waals surface area contributed by atoms with E-state index in [-0.39, 0.29) is 5.91 Å². The Kier molecular flexibility index (Phi) is 6.62. The fraction of sp³-hybridized carbons (Fsp3) is 0.556. The second kappa shape index (κ2) is 9.14. The minimum absolute atomic E-state index is 0.158. The third-order valence-electron chi connectivity index (χ3n) is 4.42. The Morgan fingerprint density at radius 1 is 1.31 bits per heavy atom. The summed E-state index contributed by atoms with van der Waals surface area (Å²) in [5, 5.41) is 4.71. The van der Waals surface area contributed by atoms with Crippen LogP contribution in [0.15, 0.2) is 27.9 Å². The van der Waals surface area contributed by atoms with Crippen LogP contribution >= 0.6 is 11.8 Å². The maximum Gasteiger partial charge on any atom is 0.233 e. The summed E-state index contributed by atoms with van der Waals surface area (Å²) in [5.41, 5.74) is 0.798. The number of thioether (sulfide) groups is 1. The number of hydrogen-bond acceptors (Lipinski definition) is 7. The first-order valence-electron chi connectivity index (χ1n) is 9.06. The SMILES string of the molecule is CCCCN1CCN(C(=O)CSc2ncccc2-c2noc(C)n2)CC1. The number of pyridine rings is 1. The van der Waals surface area contributed by atoms with Crippen molar-refractivity contribution in [2.75, 3.05) is 38.5 Å². The van der Waals surface area contributed by atoms with Gasteiger partial charge in [0, 0.05) is 39.3 Å². The van der Waals surface area contributed by atoms with E-state index in [0.717, 1.165) is 43.3 Å². The predicted molar refractivity (Wildman–Crippen MR) is 101 cm³/mol. The summed E-state index contributed by atoms with van der Waals surface area (Å²) in [5.74, 6) is 1.55. The molecule has 2 aromatic heterocycles. The van der Waals surface area contributed by atoms with Crippen molar-refractivity contribution in [1.82, 2.24) is 24.9 Å². The summed E-state index contributed by atoms with van der Waals surface area (Å²) in [6.45, 7) is 8.64. The van der Waals surface area contributed by atoms with Crippen LogP contribution in [0, 0.1) is 6.92 Å². The molecule has 7 nitrogen and oxygen atoms in total. The first kappa shape index (κ1) is 18.8. The summed E-state index contributed by atoms with van der Waals surface area (Å²) >= 11 is 1.43. The van der Waals surface area contributed by atoms with Gasteiger partial charge in [0.25, 0.3) is 0 Å². The fourth-order valence-corrected chi connectivity index (χ4v) is 3.80. The highest BCUT2D eigenvalue weighted by Crippen LogP contribution is 2.27. The maximum atomic E-state index is 12.6. The average Bonchev–Trinajstić information content (AvgIpc) is 3.11. The van der Waals surface area contributed by atoms with Gasteiger partial charge in [-0.2, -0.15) is 4.98 Å². The standard InChI is InChI=1S/C18H25N5O2S/c1-3-4-8-22-9-11-23(12-10-22)16(24)13-26-18-15(6-5-7-19-18)17-20-14(2)25-21-17/h5-7H,3-4,8-13H2,1-2H3. The van der Waals surface area contributed by atoms with Gasteiger partial charge < -0.3 is 9.42 Å². The number of carbonyl (C=O) groups is 1. The molecule has 0 aliphatic carbocycles. The van der Waals surface area contributed by atoms with E-state index in [1.54, 1.807) is 13.1 Å². The van der Waals surface area contributed by atoms with Crippen LogP contribution < -0.4 is 0 Å². The van der Waals surface area contributed by atoms with Crippen LogP contribution in [0.2, 0.25) is 0 Å². The van der Waals surface area contributed by atoms with Gasteiger partial charge in [0.15, 0.2) is 0 Å². The number of rotatable bonds is 7. The summed E-state index contributed by atoms with van der Waals surface area (Å²) in [4.78, 5) is 25.6. The summed E-state index contributed by atoms with van der Waals surface area (Å²) < 4.78 is 5.05. The maximum absolute atomic E-state index is 12.6. The van der Waals surface area contributed by atoms with Crippen LogP contribution in [0.5, 0.6) is 0 Å². The predicted octanol–water partition coefficient (Wildman–Crippen LogP) is 2.48. The highest BCUT2D eigenvalue weighted by Gasteiger charge is 2.21. The molecule has 2 aromatic rings. The molecule has 1 aliphatic heterocycles. The number of nitrogens with zero attached hydrogens (tertiary/aromatic N) is 5. The lowest BCUT2D eigenvalue weighted by molar-refractivity contribution is -0.130. The molecule has 8 heteroatoms. The zero-order valence-electron chi connectivity index (χ0n) is 15.3. The van der Waals surface area contributed by atoms with Crippen molar-refractivity contribution in [3.05, 3.63) is 24.2 Å². The Morgan fingerprint density at radius 2 is 2.12 bits per heavy atom. The Morgan fingerprint density at radius 3 is 2.81 bits per heavy atom. The first-order valence-corrected chi connectivity index (χ1v) is 10.0. The minimum Gasteiger partial charge on any atom is -0.339 e. The summed E-state index contributed by atoms with van der Waals surface area (Å²) in [7, 11) is 0. The molecular formula is C18H25N5O2S. The van der Waals surface area contributed by atoms with E-state index in [1.165, 1.54) is 24.6 Å². The van der Waals surface area contributed by atoms with E-state index in [0.29, 0.717) is 17.5 Å². The lowest BCUT2D eigenvalue weighted by Gasteiger charge is -2.34. The highest BCUT2D eigenvalue weighted by molar-refractivity contribution is 8.00. The molecule has 0 atom stereocenters. The number of unbranched alkanes of at least 4 members (excludes halogenated alkanes) is 1. The molecule has 0 spiro atoms. The molecular weight excluding hydrogens is 350 g/mol. The van der Waals surface area contributed by atoms with E-state index in [9.17, 15) is 4.79 Å². The number of carbonyl (C=O) groups excluding carboxylic acids is 1. The molecule has 3 heterocycles. The number of aryl methyl sites for hydroxylation is 1. The zero-order valence-corrected chi connectivity index (χ0v) is 16.2. The molecule has 0 radical (unpaired) electrons. The molecule has 140 valence electrons. The van der Waals surface area contributed by atoms with Gasteiger partial charge in [0.05, 0.1) is 11.3 Å². The number of aromatic nitrogens is 3. The Labute approximate surface area is 158 Å². The Bertz CT molecular complexity index is 728. The molecule has 3 rings (SSSR count). The first-order chi connectivity index (χ1) is 12.7. The number of amides is 1. The number of hydrogen-bond donors (Lipinski definition) is 0. The summed E-state index contributed by atoms with van der Waals surface area (Å²) in [6, 6.07) is 3.74.